The Balaban J connectivity index is 2.49. The summed E-state index contributed by atoms with van der Waals surface area (Å²) in [6, 6.07) is 10.2. The lowest BCUT2D eigenvalue weighted by Crippen LogP contribution is -2.25. The summed E-state index contributed by atoms with van der Waals surface area (Å²) in [5, 5.41) is 4.41. The largest absolute Gasteiger partial charge is 0.270 e. The van der Waals surface area contributed by atoms with Crippen molar-refractivity contribution in [2.45, 2.75) is 39.0 Å². The van der Waals surface area contributed by atoms with Crippen molar-refractivity contribution in [2.24, 2.45) is 0 Å². The zero-order valence-electron chi connectivity index (χ0n) is 12.1. The van der Waals surface area contributed by atoms with Gasteiger partial charge in [0.15, 0.2) is 0 Å². The van der Waals surface area contributed by atoms with E-state index in [1.807, 2.05) is 13.0 Å². The van der Waals surface area contributed by atoms with Gasteiger partial charge in [-0.15, -0.1) is 0 Å². The maximum Gasteiger partial charge on any atom is 0.270 e. The molecule has 0 radical (unpaired) electrons. The molecule has 0 aliphatic carbocycles. The van der Waals surface area contributed by atoms with E-state index in [0.717, 1.165) is 11.3 Å². The fourth-order valence-electron chi connectivity index (χ4n) is 2.10. The van der Waals surface area contributed by atoms with Crippen LogP contribution in [0.3, 0.4) is 0 Å². The highest BCUT2D eigenvalue weighted by atomic mass is 32.1. The van der Waals surface area contributed by atoms with Crippen LogP contribution in [-0.4, -0.2) is 9.78 Å². The summed E-state index contributed by atoms with van der Waals surface area (Å²) in [5.41, 5.74) is 3.79. The van der Waals surface area contributed by atoms with Crippen LogP contribution in [0, 0.1) is 0 Å². The Morgan fingerprint density at radius 1 is 1.25 bits per heavy atom. The molecule has 2 aromatic rings. The summed E-state index contributed by atoms with van der Waals surface area (Å²) in [6.45, 7) is 6.83. The molecular formula is C16H20N2OS. The van der Waals surface area contributed by atoms with E-state index in [-0.39, 0.29) is 5.56 Å². The molecule has 0 saturated carbocycles. The van der Waals surface area contributed by atoms with Crippen molar-refractivity contribution in [1.82, 2.24) is 9.78 Å². The first kappa shape index (κ1) is 14.9. The number of aromatic nitrogens is 2. The van der Waals surface area contributed by atoms with E-state index >= 15 is 0 Å². The third kappa shape index (κ3) is 2.96. The lowest BCUT2D eigenvalue weighted by atomic mass is 10.0. The van der Waals surface area contributed by atoms with Gasteiger partial charge in [-0.25, -0.2) is 4.68 Å². The fourth-order valence-corrected chi connectivity index (χ4v) is 2.33. The minimum Gasteiger partial charge on any atom is -0.267 e. The Labute approximate surface area is 125 Å². The minimum atomic E-state index is -0.0509. The van der Waals surface area contributed by atoms with Crippen molar-refractivity contribution in [1.29, 1.82) is 0 Å². The molecule has 20 heavy (non-hydrogen) atoms. The molecule has 0 aliphatic heterocycles. The average Bonchev–Trinajstić information content (AvgIpc) is 2.47. The third-order valence-corrected chi connectivity index (χ3v) is 3.73. The molecule has 1 aromatic heterocycles. The number of benzene rings is 1. The molecule has 0 atom stereocenters. The maximum absolute atomic E-state index is 12.0. The number of aryl methyl sites for hydroxylation is 1. The first-order chi connectivity index (χ1) is 9.56. The van der Waals surface area contributed by atoms with Crippen LogP contribution in [0.1, 0.15) is 37.8 Å². The Morgan fingerprint density at radius 3 is 2.40 bits per heavy atom. The molecule has 0 spiro atoms. The topological polar surface area (TPSA) is 34.9 Å². The van der Waals surface area contributed by atoms with Crippen LogP contribution in [0.2, 0.25) is 0 Å². The molecule has 3 nitrogen and oxygen atoms in total. The third-order valence-electron chi connectivity index (χ3n) is 3.39. The number of hydrogen-bond donors (Lipinski definition) is 1. The van der Waals surface area contributed by atoms with Crippen LogP contribution in [0.4, 0.5) is 0 Å². The van der Waals surface area contributed by atoms with Gasteiger partial charge in [-0.2, -0.15) is 17.7 Å². The average molecular weight is 288 g/mol. The summed E-state index contributed by atoms with van der Waals surface area (Å²) >= 11 is 4.23. The standard InChI is InChI=1S/C16H20N2OS/c1-4-18-16(19)14(10-20)9-15(17-18)13-7-5-12(6-8-13)11(2)3/h5-9,11,20H,4,10H2,1-3H3. The molecule has 0 saturated heterocycles. The lowest BCUT2D eigenvalue weighted by molar-refractivity contribution is 0.614. The number of nitrogens with zero attached hydrogens (tertiary/aromatic N) is 2. The Kier molecular flexibility index (Phi) is 4.65. The van der Waals surface area contributed by atoms with Crippen molar-refractivity contribution in [2.75, 3.05) is 0 Å². The van der Waals surface area contributed by atoms with Gasteiger partial charge in [-0.3, -0.25) is 4.79 Å². The Bertz CT molecular complexity index is 616. The second-order valence-electron chi connectivity index (χ2n) is 5.11. The number of rotatable bonds is 4. The van der Waals surface area contributed by atoms with E-state index in [4.69, 9.17) is 0 Å². The predicted octanol–water partition coefficient (Wildman–Crippen LogP) is 3.48. The lowest BCUT2D eigenvalue weighted by Gasteiger charge is -2.10. The van der Waals surface area contributed by atoms with Gasteiger partial charge in [0.2, 0.25) is 0 Å². The minimum absolute atomic E-state index is 0.0509. The van der Waals surface area contributed by atoms with E-state index in [1.54, 1.807) is 0 Å². The van der Waals surface area contributed by atoms with Crippen molar-refractivity contribution >= 4 is 12.6 Å². The maximum atomic E-state index is 12.0. The quantitative estimate of drug-likeness (QED) is 0.874. The molecule has 1 aromatic carbocycles. The molecule has 0 N–H and O–H groups in total. The summed E-state index contributed by atoms with van der Waals surface area (Å²) in [4.78, 5) is 12.0. The second-order valence-corrected chi connectivity index (χ2v) is 5.43. The molecular weight excluding hydrogens is 268 g/mol. The number of thiol groups is 1. The van der Waals surface area contributed by atoms with E-state index in [2.05, 4.69) is 55.8 Å². The summed E-state index contributed by atoms with van der Waals surface area (Å²) < 4.78 is 1.50. The van der Waals surface area contributed by atoms with Crippen LogP contribution >= 0.6 is 12.6 Å². The van der Waals surface area contributed by atoms with Crippen molar-refractivity contribution in [3.8, 4) is 11.3 Å². The van der Waals surface area contributed by atoms with Crippen LogP contribution in [0.5, 0.6) is 0 Å². The van der Waals surface area contributed by atoms with Gasteiger partial charge < -0.3 is 0 Å². The fraction of sp³-hybridized carbons (Fsp3) is 0.375. The molecule has 0 bridgehead atoms. The first-order valence-electron chi connectivity index (χ1n) is 6.89. The number of hydrogen-bond acceptors (Lipinski definition) is 3. The van der Waals surface area contributed by atoms with Gasteiger partial charge in [0.25, 0.3) is 5.56 Å². The van der Waals surface area contributed by atoms with E-state index < -0.39 is 0 Å². The molecule has 4 heteroatoms. The van der Waals surface area contributed by atoms with Gasteiger partial charge in [-0.1, -0.05) is 38.1 Å². The molecule has 1 heterocycles. The second kappa shape index (κ2) is 6.27. The van der Waals surface area contributed by atoms with Crippen LogP contribution in [-0.2, 0) is 12.3 Å². The molecule has 0 unspecified atom stereocenters. The summed E-state index contributed by atoms with van der Waals surface area (Å²) in [5.74, 6) is 0.938. The molecule has 106 valence electrons. The summed E-state index contributed by atoms with van der Waals surface area (Å²) in [7, 11) is 0. The highest BCUT2D eigenvalue weighted by molar-refractivity contribution is 7.79. The normalized spacial score (nSPS) is 11.1. The van der Waals surface area contributed by atoms with Crippen molar-refractivity contribution in [3.63, 3.8) is 0 Å². The van der Waals surface area contributed by atoms with Gasteiger partial charge in [-0.05, 0) is 24.5 Å². The molecule has 0 amide bonds. The highest BCUT2D eigenvalue weighted by Crippen LogP contribution is 2.21. The zero-order chi connectivity index (χ0) is 14.7. The summed E-state index contributed by atoms with van der Waals surface area (Å²) in [6.07, 6.45) is 0. The van der Waals surface area contributed by atoms with Crippen molar-refractivity contribution in [3.05, 3.63) is 51.8 Å². The van der Waals surface area contributed by atoms with Crippen LogP contribution < -0.4 is 5.56 Å². The van der Waals surface area contributed by atoms with E-state index in [1.165, 1.54) is 10.2 Å². The highest BCUT2D eigenvalue weighted by Gasteiger charge is 2.08. The molecule has 0 aliphatic rings. The van der Waals surface area contributed by atoms with E-state index in [9.17, 15) is 4.79 Å². The molecule has 0 fully saturated rings. The van der Waals surface area contributed by atoms with Gasteiger partial charge in [0.1, 0.15) is 0 Å². The van der Waals surface area contributed by atoms with Gasteiger partial charge >= 0.3 is 0 Å². The van der Waals surface area contributed by atoms with Gasteiger partial charge in [0.05, 0.1) is 5.69 Å². The SMILES string of the molecule is CCn1nc(-c2ccc(C(C)C)cc2)cc(CS)c1=O. The monoisotopic (exact) mass is 288 g/mol. The molecule has 2 rings (SSSR count). The zero-order valence-corrected chi connectivity index (χ0v) is 13.0. The van der Waals surface area contributed by atoms with Crippen LogP contribution in [0.15, 0.2) is 35.1 Å². The van der Waals surface area contributed by atoms with Crippen LogP contribution in [0.25, 0.3) is 11.3 Å². The predicted molar refractivity (Wildman–Crippen MR) is 86.4 cm³/mol. The van der Waals surface area contributed by atoms with Gasteiger partial charge in [0, 0.05) is 23.4 Å². The van der Waals surface area contributed by atoms with E-state index in [0.29, 0.717) is 23.8 Å². The Morgan fingerprint density at radius 2 is 1.90 bits per heavy atom. The smallest absolute Gasteiger partial charge is 0.267 e. The Hall–Kier alpha value is -1.55. The van der Waals surface area contributed by atoms with Crippen molar-refractivity contribution < 1.29 is 0 Å². The first-order valence-corrected chi connectivity index (χ1v) is 7.52.